The van der Waals surface area contributed by atoms with Gasteiger partial charge >= 0.3 is 6.03 Å². The lowest BCUT2D eigenvalue weighted by atomic mass is 9.85. The topological polar surface area (TPSA) is 69.7 Å². The van der Waals surface area contributed by atoms with E-state index in [0.717, 1.165) is 0 Å². The van der Waals surface area contributed by atoms with Crippen LogP contribution in [0.2, 0.25) is 0 Å². The monoisotopic (exact) mass is 343 g/mol. The molecular weight excluding hydrogens is 325 g/mol. The summed E-state index contributed by atoms with van der Waals surface area (Å²) in [5.41, 5.74) is 0.500. The van der Waals surface area contributed by atoms with Crippen LogP contribution in [-0.2, 0) is 9.59 Å². The number of carbonyl (C=O) groups is 3. The summed E-state index contributed by atoms with van der Waals surface area (Å²) in [6.45, 7) is 0.661. The standard InChI is InChI=1S/C18H18FN3O3/c19-11-5-7-12(8-6-11)20-18(25)21-9-13(10-21)22-16(23)14-3-1-2-4-15(14)17(22)24/h1-2,5-8,13-15H,3-4,9-10H2,(H,20,25)/t14-,15-/m0/s1. The Bertz CT molecular complexity index is 729. The minimum Gasteiger partial charge on any atom is -0.320 e. The first kappa shape index (κ1) is 15.8. The van der Waals surface area contributed by atoms with E-state index in [1.807, 2.05) is 12.2 Å². The van der Waals surface area contributed by atoms with Crippen LogP contribution in [0, 0.1) is 17.7 Å². The molecule has 4 rings (SSSR count). The van der Waals surface area contributed by atoms with Crippen molar-refractivity contribution in [2.24, 2.45) is 11.8 Å². The SMILES string of the molecule is O=C(Nc1ccc(F)cc1)N1CC(N2C(=O)[C@H]3CC=CC[C@@H]3C2=O)C1. The number of benzene rings is 1. The van der Waals surface area contributed by atoms with Crippen molar-refractivity contribution in [3.63, 3.8) is 0 Å². The maximum atomic E-state index is 12.9. The smallest absolute Gasteiger partial charge is 0.320 e. The number of rotatable bonds is 2. The molecule has 25 heavy (non-hydrogen) atoms. The van der Waals surface area contributed by atoms with Crippen LogP contribution in [0.1, 0.15) is 12.8 Å². The molecule has 2 heterocycles. The van der Waals surface area contributed by atoms with Crippen molar-refractivity contribution in [3.8, 4) is 0 Å². The molecule has 1 aliphatic carbocycles. The zero-order valence-electron chi connectivity index (χ0n) is 13.5. The van der Waals surface area contributed by atoms with Crippen LogP contribution in [0.25, 0.3) is 0 Å². The molecule has 0 bridgehead atoms. The molecule has 0 saturated carbocycles. The summed E-state index contributed by atoms with van der Waals surface area (Å²) < 4.78 is 12.9. The van der Waals surface area contributed by atoms with Crippen molar-refractivity contribution >= 4 is 23.5 Å². The van der Waals surface area contributed by atoms with Gasteiger partial charge in [-0.15, -0.1) is 0 Å². The fraction of sp³-hybridized carbons (Fsp3) is 0.389. The third kappa shape index (κ3) is 2.69. The average molecular weight is 343 g/mol. The van der Waals surface area contributed by atoms with Gasteiger partial charge in [-0.3, -0.25) is 14.5 Å². The number of nitrogens with one attached hydrogen (secondary N) is 1. The van der Waals surface area contributed by atoms with E-state index >= 15 is 0 Å². The summed E-state index contributed by atoms with van der Waals surface area (Å²) in [5.74, 6) is -1.06. The summed E-state index contributed by atoms with van der Waals surface area (Å²) in [6, 6.07) is 4.94. The van der Waals surface area contributed by atoms with Crippen LogP contribution in [0.15, 0.2) is 36.4 Å². The number of urea groups is 1. The maximum Gasteiger partial charge on any atom is 0.321 e. The molecule has 7 heteroatoms. The third-order valence-electron chi connectivity index (χ3n) is 5.15. The molecular formula is C18H18FN3O3. The van der Waals surface area contributed by atoms with Gasteiger partial charge in [0.05, 0.1) is 17.9 Å². The van der Waals surface area contributed by atoms with Crippen LogP contribution in [0.4, 0.5) is 14.9 Å². The van der Waals surface area contributed by atoms with E-state index in [1.54, 1.807) is 0 Å². The van der Waals surface area contributed by atoms with Crippen molar-refractivity contribution < 1.29 is 18.8 Å². The Balaban J connectivity index is 1.35. The second-order valence-corrected chi connectivity index (χ2v) is 6.70. The van der Waals surface area contributed by atoms with E-state index in [2.05, 4.69) is 5.32 Å². The lowest BCUT2D eigenvalue weighted by Crippen LogP contribution is -2.63. The number of halogens is 1. The largest absolute Gasteiger partial charge is 0.321 e. The number of carbonyl (C=O) groups excluding carboxylic acids is 3. The molecule has 2 aliphatic heterocycles. The first-order chi connectivity index (χ1) is 12.0. The van der Waals surface area contributed by atoms with Crippen molar-refractivity contribution in [2.45, 2.75) is 18.9 Å². The number of anilines is 1. The highest BCUT2D eigenvalue weighted by atomic mass is 19.1. The zero-order chi connectivity index (χ0) is 17.6. The van der Waals surface area contributed by atoms with Gasteiger partial charge in [-0.25, -0.2) is 9.18 Å². The van der Waals surface area contributed by atoms with Crippen LogP contribution in [0.3, 0.4) is 0 Å². The zero-order valence-corrected chi connectivity index (χ0v) is 13.5. The van der Waals surface area contributed by atoms with E-state index < -0.39 is 0 Å². The molecule has 4 amide bonds. The number of hydrogen-bond acceptors (Lipinski definition) is 3. The Kier molecular flexibility index (Phi) is 3.78. The fourth-order valence-electron chi connectivity index (χ4n) is 3.71. The predicted molar refractivity (Wildman–Crippen MR) is 88.0 cm³/mol. The van der Waals surface area contributed by atoms with Crippen molar-refractivity contribution in [2.75, 3.05) is 18.4 Å². The van der Waals surface area contributed by atoms with Gasteiger partial charge < -0.3 is 10.2 Å². The highest BCUT2D eigenvalue weighted by molar-refractivity contribution is 6.06. The van der Waals surface area contributed by atoms with Gasteiger partial charge in [0.1, 0.15) is 5.82 Å². The van der Waals surface area contributed by atoms with Gasteiger partial charge in [-0.2, -0.15) is 0 Å². The molecule has 0 spiro atoms. The van der Waals surface area contributed by atoms with Crippen molar-refractivity contribution in [1.82, 2.24) is 9.80 Å². The summed E-state index contributed by atoms with van der Waals surface area (Å²) in [7, 11) is 0. The van der Waals surface area contributed by atoms with Crippen molar-refractivity contribution in [1.29, 1.82) is 0 Å². The molecule has 1 aromatic carbocycles. The molecule has 1 aromatic rings. The maximum absolute atomic E-state index is 12.9. The van der Waals surface area contributed by atoms with E-state index in [1.165, 1.54) is 34.1 Å². The molecule has 0 unspecified atom stereocenters. The molecule has 1 N–H and O–H groups in total. The summed E-state index contributed by atoms with van der Waals surface area (Å²) >= 11 is 0. The molecule has 2 fully saturated rings. The van der Waals surface area contributed by atoms with E-state index in [9.17, 15) is 18.8 Å². The minimum absolute atomic E-state index is 0.108. The van der Waals surface area contributed by atoms with Gasteiger partial charge in [-0.05, 0) is 37.1 Å². The van der Waals surface area contributed by atoms with Gasteiger partial charge in [0.2, 0.25) is 11.8 Å². The Morgan fingerprint density at radius 1 is 1.00 bits per heavy atom. The highest BCUT2D eigenvalue weighted by Gasteiger charge is 2.52. The van der Waals surface area contributed by atoms with Gasteiger partial charge in [0, 0.05) is 18.8 Å². The van der Waals surface area contributed by atoms with Crippen LogP contribution < -0.4 is 5.32 Å². The van der Waals surface area contributed by atoms with Gasteiger partial charge in [0.25, 0.3) is 0 Å². The Morgan fingerprint density at radius 2 is 1.56 bits per heavy atom. The number of nitrogens with zero attached hydrogens (tertiary/aromatic N) is 2. The van der Waals surface area contributed by atoms with Gasteiger partial charge in [-0.1, -0.05) is 12.2 Å². The van der Waals surface area contributed by atoms with Crippen LogP contribution >= 0.6 is 0 Å². The van der Waals surface area contributed by atoms with Crippen LogP contribution in [0.5, 0.6) is 0 Å². The predicted octanol–water partition coefficient (Wildman–Crippen LogP) is 1.99. The molecule has 0 aromatic heterocycles. The van der Waals surface area contributed by atoms with Gasteiger partial charge in [0.15, 0.2) is 0 Å². The number of imide groups is 1. The number of amides is 4. The third-order valence-corrected chi connectivity index (χ3v) is 5.15. The lowest BCUT2D eigenvalue weighted by Gasteiger charge is -2.43. The number of fused-ring (bicyclic) bond motifs is 1. The molecule has 3 aliphatic rings. The normalized spacial score (nSPS) is 25.8. The first-order valence-electron chi connectivity index (χ1n) is 8.38. The number of allylic oxidation sites excluding steroid dienone is 2. The van der Waals surface area contributed by atoms with E-state index in [4.69, 9.17) is 0 Å². The summed E-state index contributed by atoms with van der Waals surface area (Å²) in [5, 5.41) is 2.68. The lowest BCUT2D eigenvalue weighted by molar-refractivity contribution is -0.145. The minimum atomic E-state index is -0.371. The van der Waals surface area contributed by atoms with Crippen molar-refractivity contribution in [3.05, 3.63) is 42.2 Å². The number of likely N-dealkylation sites (tertiary alicyclic amines) is 2. The summed E-state index contributed by atoms with van der Waals surface area (Å²) in [6.07, 6.45) is 5.15. The molecule has 130 valence electrons. The molecule has 0 radical (unpaired) electrons. The average Bonchev–Trinajstić information content (AvgIpc) is 2.81. The second kappa shape index (κ2) is 5.98. The second-order valence-electron chi connectivity index (χ2n) is 6.70. The number of hydrogen-bond donors (Lipinski definition) is 1. The molecule has 2 saturated heterocycles. The fourth-order valence-corrected chi connectivity index (χ4v) is 3.71. The van der Waals surface area contributed by atoms with E-state index in [0.29, 0.717) is 31.6 Å². The van der Waals surface area contributed by atoms with Crippen LogP contribution in [-0.4, -0.2) is 46.8 Å². The quantitative estimate of drug-likeness (QED) is 0.659. The molecule has 2 atom stereocenters. The summed E-state index contributed by atoms with van der Waals surface area (Å²) in [4.78, 5) is 40.1. The Morgan fingerprint density at radius 3 is 2.12 bits per heavy atom. The Hall–Kier alpha value is -2.70. The molecule has 6 nitrogen and oxygen atoms in total. The van der Waals surface area contributed by atoms with E-state index in [-0.39, 0.29) is 41.5 Å². The first-order valence-corrected chi connectivity index (χ1v) is 8.38. The highest BCUT2D eigenvalue weighted by Crippen LogP contribution is 2.37. The Labute approximate surface area is 144 Å².